The molecule has 0 amide bonds. The van der Waals surface area contributed by atoms with E-state index in [9.17, 15) is 0 Å². The highest BCUT2D eigenvalue weighted by Gasteiger charge is 2.21. The molecular weight excluding hydrogens is 288 g/mol. The number of aryl methyl sites for hydroxylation is 3. The van der Waals surface area contributed by atoms with Gasteiger partial charge in [-0.15, -0.1) is 11.3 Å². The second kappa shape index (κ2) is 6.25. The number of nitrogens with zero attached hydrogens (tertiary/aromatic N) is 1. The summed E-state index contributed by atoms with van der Waals surface area (Å²) in [6, 6.07) is 6.58. The first kappa shape index (κ1) is 15.5. The summed E-state index contributed by atoms with van der Waals surface area (Å²) in [5, 5.41) is 5.52. The van der Waals surface area contributed by atoms with Gasteiger partial charge in [-0.3, -0.25) is 0 Å². The molecule has 1 aromatic carbocycles. The first-order chi connectivity index (χ1) is 9.38. The van der Waals surface area contributed by atoms with Crippen molar-refractivity contribution in [1.82, 2.24) is 10.3 Å². The van der Waals surface area contributed by atoms with Gasteiger partial charge in [0.2, 0.25) is 0 Å². The van der Waals surface area contributed by atoms with Gasteiger partial charge in [-0.25, -0.2) is 4.98 Å². The Hall–Kier alpha value is -0.900. The van der Waals surface area contributed by atoms with E-state index < -0.39 is 0 Å². The highest BCUT2D eigenvalue weighted by molar-refractivity contribution is 7.11. The number of benzene rings is 1. The number of thiazole rings is 1. The van der Waals surface area contributed by atoms with Crippen LogP contribution in [0, 0.1) is 20.8 Å². The highest BCUT2D eigenvalue weighted by atomic mass is 35.5. The number of halogens is 1. The van der Waals surface area contributed by atoms with Crippen LogP contribution in [0.15, 0.2) is 18.2 Å². The van der Waals surface area contributed by atoms with Gasteiger partial charge in [0, 0.05) is 15.9 Å². The maximum absolute atomic E-state index is 6.07. The lowest BCUT2D eigenvalue weighted by molar-refractivity contribution is 0.525. The molecule has 2 rings (SSSR count). The topological polar surface area (TPSA) is 24.9 Å². The van der Waals surface area contributed by atoms with E-state index in [1.54, 1.807) is 11.3 Å². The van der Waals surface area contributed by atoms with Crippen LogP contribution in [0.1, 0.15) is 46.6 Å². The summed E-state index contributed by atoms with van der Waals surface area (Å²) in [4.78, 5) is 6.01. The fraction of sp³-hybridized carbons (Fsp3) is 0.438. The quantitative estimate of drug-likeness (QED) is 0.876. The molecule has 0 radical (unpaired) electrons. The lowest BCUT2D eigenvalue weighted by Gasteiger charge is -2.21. The molecular formula is C16H21ClN2S. The van der Waals surface area contributed by atoms with Gasteiger partial charge < -0.3 is 5.32 Å². The first-order valence-electron chi connectivity index (χ1n) is 6.84. The van der Waals surface area contributed by atoms with E-state index in [1.165, 1.54) is 16.0 Å². The van der Waals surface area contributed by atoms with Gasteiger partial charge in [-0.05, 0) is 57.9 Å². The van der Waals surface area contributed by atoms with Crippen molar-refractivity contribution in [3.63, 3.8) is 0 Å². The summed E-state index contributed by atoms with van der Waals surface area (Å²) in [6.07, 6.45) is 0. The zero-order valence-corrected chi connectivity index (χ0v) is 14.2. The Labute approximate surface area is 130 Å². The lowest BCUT2D eigenvalue weighted by atomic mass is 10.0. The fourth-order valence-electron chi connectivity index (χ4n) is 2.21. The molecule has 0 aliphatic carbocycles. The number of hydrogen-bond acceptors (Lipinski definition) is 3. The van der Waals surface area contributed by atoms with Crippen LogP contribution in [0.2, 0.25) is 5.02 Å². The van der Waals surface area contributed by atoms with Crippen LogP contribution >= 0.6 is 22.9 Å². The molecule has 0 fully saturated rings. The number of hydrogen-bond donors (Lipinski definition) is 1. The molecule has 1 heterocycles. The molecule has 0 bridgehead atoms. The number of rotatable bonds is 4. The van der Waals surface area contributed by atoms with Gasteiger partial charge in [-0.2, -0.15) is 0 Å². The summed E-state index contributed by atoms with van der Waals surface area (Å²) in [5.74, 6) is 0. The Bertz CT molecular complexity index is 585. The van der Waals surface area contributed by atoms with Crippen LogP contribution in [0.5, 0.6) is 0 Å². The Morgan fingerprint density at radius 1 is 1.20 bits per heavy atom. The normalized spacial score (nSPS) is 12.9. The summed E-state index contributed by atoms with van der Waals surface area (Å²) >= 11 is 7.83. The van der Waals surface area contributed by atoms with E-state index in [4.69, 9.17) is 16.6 Å². The van der Waals surface area contributed by atoms with Crippen LogP contribution in [-0.2, 0) is 0 Å². The summed E-state index contributed by atoms with van der Waals surface area (Å²) in [5.41, 5.74) is 3.56. The molecule has 2 nitrogen and oxygen atoms in total. The third kappa shape index (κ3) is 3.40. The molecule has 0 saturated heterocycles. The predicted molar refractivity (Wildman–Crippen MR) is 87.9 cm³/mol. The van der Waals surface area contributed by atoms with E-state index >= 15 is 0 Å². The zero-order chi connectivity index (χ0) is 14.9. The molecule has 0 saturated carbocycles. The van der Waals surface area contributed by atoms with Crippen molar-refractivity contribution < 1.29 is 0 Å². The summed E-state index contributed by atoms with van der Waals surface area (Å²) in [7, 11) is 0. The van der Waals surface area contributed by atoms with Crippen LogP contribution in [0.25, 0.3) is 0 Å². The number of aromatic nitrogens is 1. The van der Waals surface area contributed by atoms with E-state index in [-0.39, 0.29) is 6.04 Å². The largest absolute Gasteiger partial charge is 0.302 e. The van der Waals surface area contributed by atoms with Gasteiger partial charge in [0.15, 0.2) is 0 Å². The monoisotopic (exact) mass is 308 g/mol. The molecule has 108 valence electrons. The molecule has 1 aromatic heterocycles. The van der Waals surface area contributed by atoms with Crippen molar-refractivity contribution in [1.29, 1.82) is 0 Å². The van der Waals surface area contributed by atoms with E-state index in [2.05, 4.69) is 46.0 Å². The lowest BCUT2D eigenvalue weighted by Crippen LogP contribution is -2.29. The average Bonchev–Trinajstić information content (AvgIpc) is 2.67. The summed E-state index contributed by atoms with van der Waals surface area (Å²) < 4.78 is 0. The Morgan fingerprint density at radius 3 is 2.40 bits per heavy atom. The molecule has 20 heavy (non-hydrogen) atoms. The number of nitrogens with one attached hydrogen (secondary N) is 1. The fourth-order valence-corrected chi connectivity index (χ4v) is 3.44. The van der Waals surface area contributed by atoms with Gasteiger partial charge in [0.05, 0.1) is 11.7 Å². The van der Waals surface area contributed by atoms with Crippen molar-refractivity contribution in [3.8, 4) is 0 Å². The second-order valence-corrected chi connectivity index (χ2v) is 7.12. The van der Waals surface area contributed by atoms with Crippen molar-refractivity contribution in [2.45, 2.75) is 46.7 Å². The minimum absolute atomic E-state index is 0.129. The van der Waals surface area contributed by atoms with Crippen LogP contribution in [0.3, 0.4) is 0 Å². The van der Waals surface area contributed by atoms with Crippen LogP contribution < -0.4 is 5.32 Å². The smallest absolute Gasteiger partial charge is 0.115 e. The standard InChI is InChI=1S/C16H21ClN2S/c1-9(2)18-15(16-19-11(4)12(5)20-16)14-7-6-13(17)8-10(14)3/h6-9,15,18H,1-5H3. The highest BCUT2D eigenvalue weighted by Crippen LogP contribution is 2.31. The van der Waals surface area contributed by atoms with Gasteiger partial charge in [0.1, 0.15) is 5.01 Å². The Kier molecular flexibility index (Phi) is 4.84. The molecule has 0 spiro atoms. The van der Waals surface area contributed by atoms with Crippen molar-refractivity contribution in [2.75, 3.05) is 0 Å². The molecule has 1 atom stereocenters. The van der Waals surface area contributed by atoms with Crippen molar-refractivity contribution in [3.05, 3.63) is 49.9 Å². The van der Waals surface area contributed by atoms with E-state index in [0.717, 1.165) is 15.7 Å². The second-order valence-electron chi connectivity index (χ2n) is 5.45. The molecule has 0 aliphatic rings. The minimum atomic E-state index is 0.129. The SMILES string of the molecule is Cc1cc(Cl)ccc1C(NC(C)C)c1nc(C)c(C)s1. The van der Waals surface area contributed by atoms with Crippen LogP contribution in [-0.4, -0.2) is 11.0 Å². The van der Waals surface area contributed by atoms with Crippen LogP contribution in [0.4, 0.5) is 0 Å². The zero-order valence-electron chi connectivity index (χ0n) is 12.6. The minimum Gasteiger partial charge on any atom is -0.302 e. The third-order valence-corrected chi connectivity index (χ3v) is 4.71. The van der Waals surface area contributed by atoms with Gasteiger partial charge >= 0.3 is 0 Å². The summed E-state index contributed by atoms with van der Waals surface area (Å²) in [6.45, 7) is 10.6. The van der Waals surface area contributed by atoms with E-state index in [1.807, 2.05) is 12.1 Å². The van der Waals surface area contributed by atoms with Crippen molar-refractivity contribution >= 4 is 22.9 Å². The third-order valence-electron chi connectivity index (χ3n) is 3.33. The Balaban J connectivity index is 2.46. The maximum Gasteiger partial charge on any atom is 0.115 e. The predicted octanol–water partition coefficient (Wildman–Crippen LogP) is 4.81. The molecule has 1 N–H and O–H groups in total. The van der Waals surface area contributed by atoms with Crippen molar-refractivity contribution in [2.24, 2.45) is 0 Å². The molecule has 4 heteroatoms. The molecule has 0 aliphatic heterocycles. The maximum atomic E-state index is 6.07. The van der Waals surface area contributed by atoms with Gasteiger partial charge in [-0.1, -0.05) is 17.7 Å². The first-order valence-corrected chi connectivity index (χ1v) is 8.04. The van der Waals surface area contributed by atoms with E-state index in [0.29, 0.717) is 6.04 Å². The van der Waals surface area contributed by atoms with Gasteiger partial charge in [0.25, 0.3) is 0 Å². The molecule has 2 aromatic rings. The molecule has 1 unspecified atom stereocenters. The Morgan fingerprint density at radius 2 is 1.90 bits per heavy atom. The average molecular weight is 309 g/mol.